The highest BCUT2D eigenvalue weighted by Gasteiger charge is 2.34. The van der Waals surface area contributed by atoms with E-state index in [4.69, 9.17) is 4.52 Å². The summed E-state index contributed by atoms with van der Waals surface area (Å²) in [6.45, 7) is 3.42. The van der Waals surface area contributed by atoms with Gasteiger partial charge in [0.25, 0.3) is 5.91 Å². The van der Waals surface area contributed by atoms with Crippen LogP contribution in [0.5, 0.6) is 0 Å². The van der Waals surface area contributed by atoms with Gasteiger partial charge in [-0.05, 0) is 37.3 Å². The second kappa shape index (κ2) is 5.76. The Labute approximate surface area is 134 Å². The van der Waals surface area contributed by atoms with Crippen molar-refractivity contribution in [1.82, 2.24) is 20.0 Å². The first-order valence-electron chi connectivity index (χ1n) is 8.32. The van der Waals surface area contributed by atoms with Gasteiger partial charge in [-0.2, -0.15) is 4.98 Å². The average molecular weight is 312 g/mol. The van der Waals surface area contributed by atoms with Crippen LogP contribution >= 0.6 is 0 Å². The van der Waals surface area contributed by atoms with Crippen molar-refractivity contribution >= 4 is 5.91 Å². The SMILES string of the molecule is CCc1cnccc1C(=O)N1CC[C@@H](c2nc(C3CC3)no2)C1. The Hall–Kier alpha value is -2.24. The van der Waals surface area contributed by atoms with Crippen molar-refractivity contribution in [3.63, 3.8) is 0 Å². The molecule has 6 heteroatoms. The predicted octanol–water partition coefficient (Wildman–Crippen LogP) is 2.53. The Morgan fingerprint density at radius 3 is 3.00 bits per heavy atom. The van der Waals surface area contributed by atoms with Gasteiger partial charge in [-0.15, -0.1) is 0 Å². The van der Waals surface area contributed by atoms with E-state index in [1.54, 1.807) is 12.4 Å². The number of hydrogen-bond donors (Lipinski definition) is 0. The molecular weight excluding hydrogens is 292 g/mol. The quantitative estimate of drug-likeness (QED) is 0.867. The van der Waals surface area contributed by atoms with Crippen LogP contribution in [0, 0.1) is 0 Å². The second-order valence-corrected chi connectivity index (χ2v) is 6.39. The number of carbonyl (C=O) groups excluding carboxylic acids is 1. The zero-order valence-corrected chi connectivity index (χ0v) is 13.2. The van der Waals surface area contributed by atoms with Crippen LogP contribution in [0.3, 0.4) is 0 Å². The molecule has 2 aliphatic rings. The summed E-state index contributed by atoms with van der Waals surface area (Å²) in [7, 11) is 0. The highest BCUT2D eigenvalue weighted by molar-refractivity contribution is 5.95. The van der Waals surface area contributed by atoms with Crippen molar-refractivity contribution in [2.45, 2.75) is 44.4 Å². The normalized spacial score (nSPS) is 20.9. The van der Waals surface area contributed by atoms with Gasteiger partial charge < -0.3 is 9.42 Å². The van der Waals surface area contributed by atoms with Gasteiger partial charge in [-0.1, -0.05) is 12.1 Å². The third-order valence-electron chi connectivity index (χ3n) is 4.74. The van der Waals surface area contributed by atoms with E-state index in [0.29, 0.717) is 18.4 Å². The molecule has 0 bridgehead atoms. The van der Waals surface area contributed by atoms with Crippen LogP contribution in [0.15, 0.2) is 23.0 Å². The molecule has 0 N–H and O–H groups in total. The number of aromatic nitrogens is 3. The summed E-state index contributed by atoms with van der Waals surface area (Å²) in [5.74, 6) is 2.26. The molecule has 1 amide bonds. The standard InChI is InChI=1S/C17H20N4O2/c1-2-11-9-18-7-5-14(11)17(22)21-8-6-13(10-21)16-19-15(20-23-16)12-3-4-12/h5,7,9,12-13H,2-4,6,8,10H2,1H3/t13-/m1/s1. The largest absolute Gasteiger partial charge is 0.339 e. The zero-order chi connectivity index (χ0) is 15.8. The topological polar surface area (TPSA) is 72.1 Å². The lowest BCUT2D eigenvalue weighted by atomic mass is 10.1. The van der Waals surface area contributed by atoms with Gasteiger partial charge in [0.1, 0.15) is 0 Å². The average Bonchev–Trinajstić information content (AvgIpc) is 3.13. The van der Waals surface area contributed by atoms with Gasteiger partial charge in [0.05, 0.1) is 5.92 Å². The van der Waals surface area contributed by atoms with Crippen LogP contribution in [-0.2, 0) is 6.42 Å². The summed E-state index contributed by atoms with van der Waals surface area (Å²) in [4.78, 5) is 23.3. The number of hydrogen-bond acceptors (Lipinski definition) is 5. The van der Waals surface area contributed by atoms with Gasteiger partial charge >= 0.3 is 0 Å². The fourth-order valence-electron chi connectivity index (χ4n) is 3.15. The van der Waals surface area contributed by atoms with Gasteiger partial charge in [0.15, 0.2) is 5.82 Å². The fraction of sp³-hybridized carbons (Fsp3) is 0.529. The molecule has 23 heavy (non-hydrogen) atoms. The molecule has 0 spiro atoms. The Bertz CT molecular complexity index is 723. The van der Waals surface area contributed by atoms with Crippen molar-refractivity contribution < 1.29 is 9.32 Å². The molecule has 2 aromatic rings. The van der Waals surface area contributed by atoms with E-state index >= 15 is 0 Å². The number of nitrogens with zero attached hydrogens (tertiary/aromatic N) is 4. The maximum Gasteiger partial charge on any atom is 0.254 e. The maximum atomic E-state index is 12.8. The first-order valence-corrected chi connectivity index (χ1v) is 8.32. The molecule has 0 aromatic carbocycles. The van der Waals surface area contributed by atoms with Gasteiger partial charge in [-0.3, -0.25) is 9.78 Å². The fourth-order valence-corrected chi connectivity index (χ4v) is 3.15. The van der Waals surface area contributed by atoms with Crippen LogP contribution < -0.4 is 0 Å². The van der Waals surface area contributed by atoms with Crippen molar-refractivity contribution in [3.8, 4) is 0 Å². The lowest BCUT2D eigenvalue weighted by Gasteiger charge is -2.17. The van der Waals surface area contributed by atoms with Crippen molar-refractivity contribution in [3.05, 3.63) is 41.3 Å². The highest BCUT2D eigenvalue weighted by Crippen LogP contribution is 2.39. The third kappa shape index (κ3) is 2.73. The first kappa shape index (κ1) is 14.4. The van der Waals surface area contributed by atoms with Gasteiger partial charge in [0.2, 0.25) is 5.89 Å². The van der Waals surface area contributed by atoms with E-state index in [-0.39, 0.29) is 11.8 Å². The number of likely N-dealkylation sites (tertiary alicyclic amines) is 1. The number of carbonyl (C=O) groups is 1. The zero-order valence-electron chi connectivity index (χ0n) is 13.2. The third-order valence-corrected chi connectivity index (χ3v) is 4.74. The first-order chi connectivity index (χ1) is 11.3. The Morgan fingerprint density at radius 2 is 2.22 bits per heavy atom. The molecule has 1 atom stereocenters. The van der Waals surface area contributed by atoms with Crippen LogP contribution in [-0.4, -0.2) is 39.0 Å². The Balaban J connectivity index is 1.47. The Kier molecular flexibility index (Phi) is 3.59. The van der Waals surface area contributed by atoms with Crippen molar-refractivity contribution in [2.24, 2.45) is 0 Å². The molecule has 2 fully saturated rings. The molecule has 1 saturated carbocycles. The number of amides is 1. The molecule has 120 valence electrons. The summed E-state index contributed by atoms with van der Waals surface area (Å²) in [6.07, 6.45) is 7.47. The van der Waals surface area contributed by atoms with Crippen LogP contribution in [0.1, 0.15) is 65.7 Å². The molecule has 1 saturated heterocycles. The molecule has 4 rings (SSSR count). The molecular formula is C17H20N4O2. The van der Waals surface area contributed by atoms with Crippen LogP contribution in [0.2, 0.25) is 0 Å². The van der Waals surface area contributed by atoms with Crippen molar-refractivity contribution in [1.29, 1.82) is 0 Å². The number of pyridine rings is 1. The van der Waals surface area contributed by atoms with E-state index in [2.05, 4.69) is 15.1 Å². The van der Waals surface area contributed by atoms with Gasteiger partial charge in [0, 0.05) is 37.0 Å². The molecule has 1 aliphatic heterocycles. The van der Waals surface area contributed by atoms with Crippen molar-refractivity contribution in [2.75, 3.05) is 13.1 Å². The van der Waals surface area contributed by atoms with Crippen LogP contribution in [0.25, 0.3) is 0 Å². The Morgan fingerprint density at radius 1 is 1.35 bits per heavy atom. The van der Waals surface area contributed by atoms with E-state index in [1.165, 1.54) is 0 Å². The van der Waals surface area contributed by atoms with E-state index in [9.17, 15) is 4.79 Å². The second-order valence-electron chi connectivity index (χ2n) is 6.39. The number of rotatable bonds is 4. The maximum absolute atomic E-state index is 12.8. The lowest BCUT2D eigenvalue weighted by Crippen LogP contribution is -2.29. The monoisotopic (exact) mass is 312 g/mol. The number of aryl methyl sites for hydroxylation is 1. The molecule has 2 aromatic heterocycles. The summed E-state index contributed by atoms with van der Waals surface area (Å²) >= 11 is 0. The summed E-state index contributed by atoms with van der Waals surface area (Å²) in [5, 5.41) is 4.08. The predicted molar refractivity (Wildman–Crippen MR) is 83.1 cm³/mol. The van der Waals surface area contributed by atoms with E-state index in [0.717, 1.165) is 49.2 Å². The van der Waals surface area contributed by atoms with Gasteiger partial charge in [-0.25, -0.2) is 0 Å². The smallest absolute Gasteiger partial charge is 0.254 e. The molecule has 3 heterocycles. The molecule has 1 aliphatic carbocycles. The molecule has 6 nitrogen and oxygen atoms in total. The summed E-state index contributed by atoms with van der Waals surface area (Å²) in [6, 6.07) is 1.81. The van der Waals surface area contributed by atoms with Crippen LogP contribution in [0.4, 0.5) is 0 Å². The summed E-state index contributed by atoms with van der Waals surface area (Å²) < 4.78 is 5.42. The minimum absolute atomic E-state index is 0.0775. The highest BCUT2D eigenvalue weighted by atomic mass is 16.5. The van der Waals surface area contributed by atoms with E-state index < -0.39 is 0 Å². The minimum atomic E-state index is 0.0775. The summed E-state index contributed by atoms with van der Waals surface area (Å²) in [5.41, 5.74) is 1.75. The minimum Gasteiger partial charge on any atom is -0.339 e. The molecule has 0 unspecified atom stereocenters. The lowest BCUT2D eigenvalue weighted by molar-refractivity contribution is 0.0788. The van der Waals surface area contributed by atoms with E-state index in [1.807, 2.05) is 17.9 Å². The molecule has 0 radical (unpaired) electrons.